The average Bonchev–Trinajstić information content (AvgIpc) is 2.72. The molecule has 0 bridgehead atoms. The van der Waals surface area contributed by atoms with Crippen LogP contribution in [0.1, 0.15) is 40.7 Å². The number of nitrogens with zero attached hydrogens (tertiary/aromatic N) is 2. The van der Waals surface area contributed by atoms with E-state index in [4.69, 9.17) is 0 Å². The monoisotopic (exact) mass is 429 g/mol. The van der Waals surface area contributed by atoms with Crippen LogP contribution in [0.25, 0.3) is 0 Å². The van der Waals surface area contributed by atoms with Crippen molar-refractivity contribution in [2.24, 2.45) is 0 Å². The second-order valence-electron chi connectivity index (χ2n) is 7.96. The Morgan fingerprint density at radius 2 is 1.77 bits per heavy atom. The highest BCUT2D eigenvalue weighted by Gasteiger charge is 2.18. The topological polar surface area (TPSA) is 69.7 Å². The third-order valence-corrected chi connectivity index (χ3v) is 6.54. The van der Waals surface area contributed by atoms with E-state index in [2.05, 4.69) is 10.2 Å². The quantitative estimate of drug-likeness (QED) is 0.700. The van der Waals surface area contributed by atoms with E-state index in [0.29, 0.717) is 17.8 Å². The summed E-state index contributed by atoms with van der Waals surface area (Å²) in [7, 11) is -3.43. The Morgan fingerprint density at radius 1 is 1.07 bits per heavy atom. The van der Waals surface area contributed by atoms with Gasteiger partial charge in [-0.05, 0) is 68.2 Å². The zero-order valence-corrected chi connectivity index (χ0v) is 18.6. The molecule has 3 rings (SSSR count). The van der Waals surface area contributed by atoms with Gasteiger partial charge in [0.2, 0.25) is 10.0 Å². The number of piperidine rings is 1. The van der Waals surface area contributed by atoms with Gasteiger partial charge in [0, 0.05) is 18.7 Å². The Hall–Kier alpha value is -2.38. The molecule has 0 spiro atoms. The van der Waals surface area contributed by atoms with E-state index < -0.39 is 10.0 Å². The normalized spacial score (nSPS) is 15.0. The van der Waals surface area contributed by atoms with Crippen molar-refractivity contribution >= 4 is 21.6 Å². The predicted molar refractivity (Wildman–Crippen MR) is 121 cm³/mol. The SMILES string of the molecule is Cc1cccc(N(Cc2ccc(C(=O)NCCN3CCCCC3)cc2)S(C)(=O)=O)c1. The van der Waals surface area contributed by atoms with Crippen molar-refractivity contribution in [3.8, 4) is 0 Å². The molecule has 30 heavy (non-hydrogen) atoms. The Morgan fingerprint density at radius 3 is 2.40 bits per heavy atom. The number of likely N-dealkylation sites (tertiary alicyclic amines) is 1. The van der Waals surface area contributed by atoms with Crippen molar-refractivity contribution in [1.82, 2.24) is 10.2 Å². The van der Waals surface area contributed by atoms with Crippen LogP contribution in [0.2, 0.25) is 0 Å². The second-order valence-corrected chi connectivity index (χ2v) is 9.87. The number of hydrogen-bond donors (Lipinski definition) is 1. The highest BCUT2D eigenvalue weighted by atomic mass is 32.2. The molecule has 0 aliphatic carbocycles. The molecule has 1 amide bonds. The van der Waals surface area contributed by atoms with Gasteiger partial charge in [0.1, 0.15) is 0 Å². The maximum absolute atomic E-state index is 12.4. The van der Waals surface area contributed by atoms with Crippen molar-refractivity contribution in [2.45, 2.75) is 32.7 Å². The molecular formula is C23H31N3O3S. The number of aryl methyl sites for hydroxylation is 1. The minimum atomic E-state index is -3.43. The molecule has 1 saturated heterocycles. The maximum atomic E-state index is 12.4. The summed E-state index contributed by atoms with van der Waals surface area (Å²) in [4.78, 5) is 14.8. The first kappa shape index (κ1) is 22.3. The van der Waals surface area contributed by atoms with Gasteiger partial charge in [-0.25, -0.2) is 8.42 Å². The first-order valence-electron chi connectivity index (χ1n) is 10.5. The predicted octanol–water partition coefficient (Wildman–Crippen LogP) is 3.18. The summed E-state index contributed by atoms with van der Waals surface area (Å²) in [5.74, 6) is -0.0998. The van der Waals surface area contributed by atoms with Crippen LogP contribution in [0.5, 0.6) is 0 Å². The van der Waals surface area contributed by atoms with E-state index in [-0.39, 0.29) is 12.5 Å². The zero-order valence-electron chi connectivity index (χ0n) is 17.8. The largest absolute Gasteiger partial charge is 0.351 e. The highest BCUT2D eigenvalue weighted by Crippen LogP contribution is 2.22. The molecule has 6 nitrogen and oxygen atoms in total. The Labute approximate surface area is 179 Å². The third kappa shape index (κ3) is 6.31. The van der Waals surface area contributed by atoms with E-state index in [1.165, 1.54) is 29.8 Å². The number of carbonyl (C=O) groups is 1. The lowest BCUT2D eigenvalue weighted by atomic mass is 10.1. The molecular weight excluding hydrogens is 398 g/mol. The molecule has 162 valence electrons. The zero-order chi connectivity index (χ0) is 21.6. The van der Waals surface area contributed by atoms with Gasteiger partial charge in [0.15, 0.2) is 0 Å². The van der Waals surface area contributed by atoms with Crippen LogP contribution >= 0.6 is 0 Å². The lowest BCUT2D eigenvalue weighted by Crippen LogP contribution is -2.37. The smallest absolute Gasteiger partial charge is 0.251 e. The number of rotatable bonds is 8. The Bertz CT molecular complexity index is 952. The lowest BCUT2D eigenvalue weighted by molar-refractivity contribution is 0.0946. The van der Waals surface area contributed by atoms with Crippen LogP contribution in [-0.2, 0) is 16.6 Å². The number of amides is 1. The summed E-state index contributed by atoms with van der Waals surface area (Å²) in [5.41, 5.74) is 3.04. The fourth-order valence-corrected chi connectivity index (χ4v) is 4.60. The minimum absolute atomic E-state index is 0.0998. The summed E-state index contributed by atoms with van der Waals surface area (Å²) >= 11 is 0. The highest BCUT2D eigenvalue weighted by molar-refractivity contribution is 7.92. The van der Waals surface area contributed by atoms with Gasteiger partial charge in [-0.1, -0.05) is 30.7 Å². The van der Waals surface area contributed by atoms with Gasteiger partial charge < -0.3 is 10.2 Å². The van der Waals surface area contributed by atoms with Crippen LogP contribution < -0.4 is 9.62 Å². The van der Waals surface area contributed by atoms with Crippen LogP contribution in [-0.4, -0.2) is 51.7 Å². The average molecular weight is 430 g/mol. The molecule has 7 heteroatoms. The molecule has 1 N–H and O–H groups in total. The van der Waals surface area contributed by atoms with E-state index in [0.717, 1.165) is 30.8 Å². The molecule has 0 radical (unpaired) electrons. The van der Waals surface area contributed by atoms with Gasteiger partial charge in [-0.15, -0.1) is 0 Å². The number of hydrogen-bond acceptors (Lipinski definition) is 4. The number of anilines is 1. The van der Waals surface area contributed by atoms with Crippen molar-refractivity contribution in [1.29, 1.82) is 0 Å². The lowest BCUT2D eigenvalue weighted by Gasteiger charge is -2.26. The summed E-state index contributed by atoms with van der Waals surface area (Å²) < 4.78 is 26.0. The molecule has 0 aromatic heterocycles. The van der Waals surface area contributed by atoms with Crippen molar-refractivity contribution < 1.29 is 13.2 Å². The van der Waals surface area contributed by atoms with Crippen LogP contribution in [0.3, 0.4) is 0 Å². The first-order valence-corrected chi connectivity index (χ1v) is 12.3. The minimum Gasteiger partial charge on any atom is -0.351 e. The standard InChI is InChI=1S/C23H31N3O3S/c1-19-7-6-8-22(17-19)26(30(2,28)29)18-20-9-11-21(12-10-20)23(27)24-13-16-25-14-4-3-5-15-25/h6-12,17H,3-5,13-16,18H2,1-2H3,(H,24,27). The van der Waals surface area contributed by atoms with Crippen LogP contribution in [0.15, 0.2) is 48.5 Å². The molecule has 1 aliphatic rings. The second kappa shape index (κ2) is 10.1. The molecule has 0 unspecified atom stereocenters. The van der Waals surface area contributed by atoms with Crippen LogP contribution in [0.4, 0.5) is 5.69 Å². The number of sulfonamides is 1. The van der Waals surface area contributed by atoms with Gasteiger partial charge in [0.25, 0.3) is 5.91 Å². The summed E-state index contributed by atoms with van der Waals surface area (Å²) in [6.07, 6.45) is 4.99. The molecule has 0 saturated carbocycles. The fraction of sp³-hybridized carbons (Fsp3) is 0.435. The van der Waals surface area contributed by atoms with Gasteiger partial charge in [-0.2, -0.15) is 0 Å². The summed E-state index contributed by atoms with van der Waals surface area (Å²) in [6.45, 7) is 5.89. The van der Waals surface area contributed by atoms with E-state index >= 15 is 0 Å². The van der Waals surface area contributed by atoms with Gasteiger partial charge in [0.05, 0.1) is 18.5 Å². The van der Waals surface area contributed by atoms with Gasteiger partial charge >= 0.3 is 0 Å². The fourth-order valence-electron chi connectivity index (χ4n) is 3.72. The first-order chi connectivity index (χ1) is 14.3. The van der Waals surface area contributed by atoms with Crippen molar-refractivity contribution in [3.63, 3.8) is 0 Å². The molecule has 1 heterocycles. The van der Waals surface area contributed by atoms with Crippen molar-refractivity contribution in [2.75, 3.05) is 36.7 Å². The Balaban J connectivity index is 1.60. The Kier molecular flexibility index (Phi) is 7.50. The van der Waals surface area contributed by atoms with Gasteiger partial charge in [-0.3, -0.25) is 9.10 Å². The number of nitrogens with one attached hydrogen (secondary N) is 1. The summed E-state index contributed by atoms with van der Waals surface area (Å²) in [5, 5.41) is 2.98. The number of carbonyl (C=O) groups excluding carboxylic acids is 1. The molecule has 1 aliphatic heterocycles. The van der Waals surface area contributed by atoms with Crippen molar-refractivity contribution in [3.05, 3.63) is 65.2 Å². The van der Waals surface area contributed by atoms with E-state index in [9.17, 15) is 13.2 Å². The molecule has 1 fully saturated rings. The van der Waals surface area contributed by atoms with E-state index in [1.54, 1.807) is 18.2 Å². The molecule has 2 aromatic rings. The molecule has 0 atom stereocenters. The summed E-state index contributed by atoms with van der Waals surface area (Å²) in [6, 6.07) is 14.6. The van der Waals surface area contributed by atoms with Crippen LogP contribution in [0, 0.1) is 6.92 Å². The number of benzene rings is 2. The molecule has 2 aromatic carbocycles. The maximum Gasteiger partial charge on any atom is 0.251 e. The van der Waals surface area contributed by atoms with E-state index in [1.807, 2.05) is 37.3 Å². The third-order valence-electron chi connectivity index (χ3n) is 5.39.